The lowest BCUT2D eigenvalue weighted by molar-refractivity contribution is 0.661. The molecule has 1 N–H and O–H groups in total. The van der Waals surface area contributed by atoms with Gasteiger partial charge in [0.25, 0.3) is 0 Å². The lowest BCUT2D eigenvalue weighted by Crippen LogP contribution is -2.27. The molecule has 0 radical (unpaired) electrons. The minimum Gasteiger partial charge on any atom is -0.366 e. The molecule has 0 fully saturated rings. The van der Waals surface area contributed by atoms with Gasteiger partial charge in [-0.3, -0.25) is 4.98 Å². The average Bonchev–Trinajstić information content (AvgIpc) is 2.89. The number of hydrogen-bond donors (Lipinski definition) is 1. The molecule has 0 saturated carbocycles. The van der Waals surface area contributed by atoms with E-state index in [0.29, 0.717) is 0 Å². The van der Waals surface area contributed by atoms with Gasteiger partial charge in [-0.25, -0.2) is 4.98 Å². The summed E-state index contributed by atoms with van der Waals surface area (Å²) in [5.41, 5.74) is 1.01. The molecule has 0 spiro atoms. The molecule has 4 nitrogen and oxygen atoms in total. The van der Waals surface area contributed by atoms with Crippen molar-refractivity contribution in [1.82, 2.24) is 15.3 Å². The third kappa shape index (κ3) is 1.91. The van der Waals surface area contributed by atoms with E-state index in [-0.39, 0.29) is 6.17 Å². The molecule has 1 aliphatic rings. The molecular weight excluding hydrogens is 248 g/mol. The highest BCUT2D eigenvalue weighted by atomic mass is 35.5. The Kier molecular flexibility index (Phi) is 2.86. The zero-order chi connectivity index (χ0) is 12.4. The number of hydrogen-bond acceptors (Lipinski definition) is 4. The van der Waals surface area contributed by atoms with Crippen LogP contribution in [-0.4, -0.2) is 9.97 Å². The van der Waals surface area contributed by atoms with Crippen LogP contribution in [0.2, 0.25) is 5.02 Å². The lowest BCUT2D eigenvalue weighted by Gasteiger charge is -2.25. The summed E-state index contributed by atoms with van der Waals surface area (Å²) in [6, 6.07) is 7.76. The van der Waals surface area contributed by atoms with Gasteiger partial charge >= 0.3 is 0 Å². The first-order chi connectivity index (χ1) is 8.86. The van der Waals surface area contributed by atoms with Gasteiger partial charge in [-0.15, -0.1) is 0 Å². The van der Waals surface area contributed by atoms with E-state index >= 15 is 0 Å². The Morgan fingerprint density at radius 2 is 2.11 bits per heavy atom. The second-order valence-electron chi connectivity index (χ2n) is 3.88. The fourth-order valence-corrected chi connectivity index (χ4v) is 2.19. The van der Waals surface area contributed by atoms with Gasteiger partial charge in [0.1, 0.15) is 6.17 Å². The summed E-state index contributed by atoms with van der Waals surface area (Å²) < 4.78 is 0. The summed E-state index contributed by atoms with van der Waals surface area (Å²) in [6.07, 6.45) is 8.81. The number of halogens is 1. The van der Waals surface area contributed by atoms with E-state index < -0.39 is 0 Å². The zero-order valence-corrected chi connectivity index (χ0v) is 10.2. The molecule has 0 aliphatic carbocycles. The quantitative estimate of drug-likeness (QED) is 0.899. The summed E-state index contributed by atoms with van der Waals surface area (Å²) in [6.45, 7) is 0. The van der Waals surface area contributed by atoms with Crippen LogP contribution in [0, 0.1) is 0 Å². The molecule has 0 amide bonds. The molecule has 1 aromatic heterocycles. The molecule has 3 rings (SSSR count). The van der Waals surface area contributed by atoms with Crippen LogP contribution in [-0.2, 0) is 0 Å². The molecule has 1 aromatic carbocycles. The van der Waals surface area contributed by atoms with Gasteiger partial charge in [0, 0.05) is 35.4 Å². The van der Waals surface area contributed by atoms with E-state index in [1.54, 1.807) is 18.6 Å². The van der Waals surface area contributed by atoms with Crippen molar-refractivity contribution in [3.8, 4) is 0 Å². The Hall–Kier alpha value is -2.07. The maximum absolute atomic E-state index is 6.23. The molecule has 1 atom stereocenters. The molecule has 18 heavy (non-hydrogen) atoms. The predicted molar refractivity (Wildman–Crippen MR) is 71.0 cm³/mol. The van der Waals surface area contributed by atoms with Gasteiger partial charge in [0.2, 0.25) is 0 Å². The van der Waals surface area contributed by atoms with Crippen molar-refractivity contribution in [3.63, 3.8) is 0 Å². The van der Waals surface area contributed by atoms with Crippen LogP contribution in [0.15, 0.2) is 55.3 Å². The van der Waals surface area contributed by atoms with Gasteiger partial charge in [0.15, 0.2) is 5.82 Å². The first-order valence-electron chi connectivity index (χ1n) is 5.58. The summed E-state index contributed by atoms with van der Waals surface area (Å²) in [4.78, 5) is 10.4. The normalized spacial score (nSPS) is 17.8. The molecule has 0 bridgehead atoms. The summed E-state index contributed by atoms with van der Waals surface area (Å²) >= 11 is 6.23. The maximum Gasteiger partial charge on any atom is 0.153 e. The molecule has 2 heterocycles. The highest BCUT2D eigenvalue weighted by Crippen LogP contribution is 2.30. The van der Waals surface area contributed by atoms with Crippen LogP contribution < -0.4 is 10.2 Å². The molecule has 1 aliphatic heterocycles. The van der Waals surface area contributed by atoms with Crippen molar-refractivity contribution in [2.75, 3.05) is 4.90 Å². The van der Waals surface area contributed by atoms with Crippen LogP contribution in [0.25, 0.3) is 0 Å². The SMILES string of the molecule is Clc1ccccc1C1NC=CN1c1cnccn1. The second-order valence-corrected chi connectivity index (χ2v) is 4.28. The number of nitrogens with zero attached hydrogens (tertiary/aromatic N) is 3. The fraction of sp³-hybridized carbons (Fsp3) is 0.0769. The smallest absolute Gasteiger partial charge is 0.153 e. The van der Waals surface area contributed by atoms with Crippen LogP contribution in [0.3, 0.4) is 0 Å². The summed E-state index contributed by atoms with van der Waals surface area (Å²) in [5, 5.41) is 3.98. The van der Waals surface area contributed by atoms with Crippen molar-refractivity contribution < 1.29 is 0 Å². The molecule has 1 unspecified atom stereocenters. The molecular formula is C13H11ClN4. The van der Waals surface area contributed by atoms with Crippen molar-refractivity contribution in [2.45, 2.75) is 6.17 Å². The van der Waals surface area contributed by atoms with E-state index in [1.807, 2.05) is 41.6 Å². The topological polar surface area (TPSA) is 41.0 Å². The van der Waals surface area contributed by atoms with E-state index in [0.717, 1.165) is 16.4 Å². The van der Waals surface area contributed by atoms with Gasteiger partial charge in [0.05, 0.1) is 6.20 Å². The number of benzene rings is 1. The van der Waals surface area contributed by atoms with Gasteiger partial charge in [-0.2, -0.15) is 0 Å². The standard InChI is InChI=1S/C13H11ClN4/c14-11-4-2-1-3-10(11)13-17-7-8-18(13)12-9-15-5-6-16-12/h1-9,13,17H. The first kappa shape index (κ1) is 11.0. The van der Waals surface area contributed by atoms with E-state index in [1.165, 1.54) is 0 Å². The first-order valence-corrected chi connectivity index (χ1v) is 5.95. The Bertz CT molecular complexity index is 570. The van der Waals surface area contributed by atoms with Crippen molar-refractivity contribution in [3.05, 3.63) is 65.8 Å². The van der Waals surface area contributed by atoms with Crippen molar-refractivity contribution >= 4 is 17.4 Å². The molecule has 5 heteroatoms. The van der Waals surface area contributed by atoms with Gasteiger partial charge in [-0.05, 0) is 6.07 Å². The van der Waals surface area contributed by atoms with Crippen LogP contribution >= 0.6 is 11.6 Å². The maximum atomic E-state index is 6.23. The van der Waals surface area contributed by atoms with E-state index in [4.69, 9.17) is 11.6 Å². The van der Waals surface area contributed by atoms with E-state index in [2.05, 4.69) is 15.3 Å². The molecule has 0 saturated heterocycles. The van der Waals surface area contributed by atoms with Crippen molar-refractivity contribution in [2.24, 2.45) is 0 Å². The zero-order valence-electron chi connectivity index (χ0n) is 9.49. The minimum absolute atomic E-state index is 0.0459. The Morgan fingerprint density at radius 3 is 2.89 bits per heavy atom. The van der Waals surface area contributed by atoms with Crippen LogP contribution in [0.5, 0.6) is 0 Å². The monoisotopic (exact) mass is 258 g/mol. The highest BCUT2D eigenvalue weighted by Gasteiger charge is 2.24. The predicted octanol–water partition coefficient (Wildman–Crippen LogP) is 2.71. The lowest BCUT2D eigenvalue weighted by atomic mass is 10.1. The van der Waals surface area contributed by atoms with Gasteiger partial charge in [-0.1, -0.05) is 29.8 Å². The largest absolute Gasteiger partial charge is 0.366 e. The molecule has 2 aromatic rings. The number of anilines is 1. The number of aromatic nitrogens is 2. The highest BCUT2D eigenvalue weighted by molar-refractivity contribution is 6.31. The third-order valence-corrected chi connectivity index (χ3v) is 3.13. The van der Waals surface area contributed by atoms with Crippen LogP contribution in [0.1, 0.15) is 11.7 Å². The third-order valence-electron chi connectivity index (χ3n) is 2.78. The number of nitrogens with one attached hydrogen (secondary N) is 1. The van der Waals surface area contributed by atoms with Gasteiger partial charge < -0.3 is 10.2 Å². The Labute approximate surface area is 110 Å². The van der Waals surface area contributed by atoms with Crippen molar-refractivity contribution in [1.29, 1.82) is 0 Å². The Morgan fingerprint density at radius 1 is 1.22 bits per heavy atom. The minimum atomic E-state index is -0.0459. The Balaban J connectivity index is 1.97. The summed E-state index contributed by atoms with van der Waals surface area (Å²) in [5.74, 6) is 0.781. The summed E-state index contributed by atoms with van der Waals surface area (Å²) in [7, 11) is 0. The van der Waals surface area contributed by atoms with Crippen LogP contribution in [0.4, 0.5) is 5.82 Å². The number of rotatable bonds is 2. The average molecular weight is 259 g/mol. The second kappa shape index (κ2) is 4.66. The fourth-order valence-electron chi connectivity index (χ4n) is 1.95. The van der Waals surface area contributed by atoms with E-state index in [9.17, 15) is 0 Å². The molecule has 90 valence electrons.